The van der Waals surface area contributed by atoms with Crippen molar-refractivity contribution in [1.82, 2.24) is 9.55 Å². The largest absolute Gasteiger partial charge is 0.475 e. The van der Waals surface area contributed by atoms with Crippen LogP contribution in [0.3, 0.4) is 0 Å². The second-order valence-corrected chi connectivity index (χ2v) is 8.01. The predicted molar refractivity (Wildman–Crippen MR) is 118 cm³/mol. The van der Waals surface area contributed by atoms with Gasteiger partial charge in [-0.1, -0.05) is 18.2 Å². The Balaban J connectivity index is 1.46. The third-order valence-corrected chi connectivity index (χ3v) is 5.79. The molecule has 170 valence electrons. The number of primary amides is 1. The molecule has 2 aromatic carbocycles. The number of nitrogens with zero attached hydrogens (tertiary/aromatic N) is 2. The maximum Gasteiger partial charge on any atom is 0.351 e. The summed E-state index contributed by atoms with van der Waals surface area (Å²) < 4.78 is 32.3. The van der Waals surface area contributed by atoms with Gasteiger partial charge in [0.15, 0.2) is 0 Å². The summed E-state index contributed by atoms with van der Waals surface area (Å²) in [6.07, 6.45) is 0.411. The van der Waals surface area contributed by atoms with Gasteiger partial charge in [-0.3, -0.25) is 9.36 Å². The Kier molecular flexibility index (Phi) is 5.65. The van der Waals surface area contributed by atoms with Crippen LogP contribution >= 0.6 is 0 Å². The lowest BCUT2D eigenvalue weighted by Gasteiger charge is -2.24. The van der Waals surface area contributed by atoms with Crippen LogP contribution in [0.25, 0.3) is 22.4 Å². The molecular weight excluding hydrogens is 429 g/mol. The highest BCUT2D eigenvalue weighted by Crippen LogP contribution is 2.33. The van der Waals surface area contributed by atoms with Gasteiger partial charge in [0.1, 0.15) is 18.5 Å². The van der Waals surface area contributed by atoms with Crippen molar-refractivity contribution < 1.29 is 23.4 Å². The lowest BCUT2D eigenvalue weighted by molar-refractivity contribution is -0.102. The molecule has 1 atom stereocenters. The van der Waals surface area contributed by atoms with Crippen molar-refractivity contribution in [2.24, 2.45) is 5.73 Å². The highest BCUT2D eigenvalue weighted by Gasteiger charge is 2.21. The average molecular weight is 451 g/mol. The van der Waals surface area contributed by atoms with Crippen molar-refractivity contribution >= 4 is 5.91 Å². The normalized spacial score (nSPS) is 17.2. The number of nitrogens with two attached hydrogens (primary N) is 1. The van der Waals surface area contributed by atoms with Gasteiger partial charge in [0.25, 0.3) is 0 Å². The van der Waals surface area contributed by atoms with Crippen molar-refractivity contribution in [2.75, 3.05) is 26.4 Å². The maximum absolute atomic E-state index is 14.0. The van der Waals surface area contributed by atoms with E-state index in [-0.39, 0.29) is 29.8 Å². The monoisotopic (exact) mass is 451 g/mol. The van der Waals surface area contributed by atoms with Crippen LogP contribution in [0.5, 0.6) is 5.88 Å². The molecule has 0 saturated carbocycles. The summed E-state index contributed by atoms with van der Waals surface area (Å²) in [5.74, 6) is -0.989. The molecule has 1 fully saturated rings. The van der Waals surface area contributed by atoms with Gasteiger partial charge in [0, 0.05) is 23.7 Å². The molecule has 1 aromatic heterocycles. The fourth-order valence-corrected chi connectivity index (χ4v) is 4.17. The standard InChI is InChI=1S/C24H22FN3O5/c25-18-9-16(8-17(10-18)23(26)29)14-1-2-20-15(7-14)3-4-28-21(20)11-22(27-24(28)30)33-13-19-12-31-5-6-32-19/h1-2,7-11,19H,3-6,12-13H2,(H2,26,29). The Bertz CT molecular complexity index is 1280. The smallest absolute Gasteiger partial charge is 0.351 e. The van der Waals surface area contributed by atoms with E-state index in [0.29, 0.717) is 44.0 Å². The highest BCUT2D eigenvalue weighted by molar-refractivity contribution is 5.94. The maximum atomic E-state index is 14.0. The molecule has 3 aromatic rings. The second kappa shape index (κ2) is 8.76. The third-order valence-electron chi connectivity index (χ3n) is 5.79. The molecule has 8 nitrogen and oxygen atoms in total. The Morgan fingerprint density at radius 3 is 2.85 bits per heavy atom. The van der Waals surface area contributed by atoms with Crippen molar-refractivity contribution in [3.8, 4) is 28.3 Å². The zero-order chi connectivity index (χ0) is 22.9. The first-order chi connectivity index (χ1) is 16.0. The summed E-state index contributed by atoms with van der Waals surface area (Å²) in [7, 11) is 0. The third kappa shape index (κ3) is 4.37. The fraction of sp³-hybridized carbons (Fsp3) is 0.292. The molecule has 0 radical (unpaired) electrons. The zero-order valence-corrected chi connectivity index (χ0v) is 17.8. The van der Waals surface area contributed by atoms with E-state index in [9.17, 15) is 14.0 Å². The topological polar surface area (TPSA) is 106 Å². The van der Waals surface area contributed by atoms with Gasteiger partial charge in [0.05, 0.1) is 25.5 Å². The van der Waals surface area contributed by atoms with Crippen molar-refractivity contribution in [3.05, 3.63) is 69.9 Å². The molecule has 33 heavy (non-hydrogen) atoms. The quantitative estimate of drug-likeness (QED) is 0.637. The van der Waals surface area contributed by atoms with Gasteiger partial charge >= 0.3 is 5.69 Å². The lowest BCUT2D eigenvalue weighted by Crippen LogP contribution is -2.34. The fourth-order valence-electron chi connectivity index (χ4n) is 4.17. The van der Waals surface area contributed by atoms with Gasteiger partial charge in [-0.15, -0.1) is 0 Å². The first-order valence-electron chi connectivity index (χ1n) is 10.7. The van der Waals surface area contributed by atoms with Gasteiger partial charge in [-0.25, -0.2) is 9.18 Å². The van der Waals surface area contributed by atoms with Crippen LogP contribution in [0.2, 0.25) is 0 Å². The van der Waals surface area contributed by atoms with Crippen LogP contribution in [0.15, 0.2) is 47.3 Å². The Morgan fingerprint density at radius 2 is 2.06 bits per heavy atom. The molecule has 3 heterocycles. The Labute approximate surface area is 188 Å². The number of fused-ring (bicyclic) bond motifs is 3. The van der Waals surface area contributed by atoms with E-state index in [4.69, 9.17) is 19.9 Å². The number of carbonyl (C=O) groups is 1. The number of amides is 1. The number of rotatable bonds is 5. The van der Waals surface area contributed by atoms with Gasteiger partial charge in [-0.05, 0) is 41.3 Å². The molecule has 1 amide bonds. The van der Waals surface area contributed by atoms with E-state index < -0.39 is 11.7 Å². The van der Waals surface area contributed by atoms with Crippen LogP contribution in [-0.4, -0.2) is 48.0 Å². The molecule has 2 N–H and O–H groups in total. The summed E-state index contributed by atoms with van der Waals surface area (Å²) >= 11 is 0. The number of aromatic nitrogens is 2. The number of carbonyl (C=O) groups excluding carboxylic acids is 1. The molecule has 1 saturated heterocycles. The number of halogens is 1. The summed E-state index contributed by atoms with van der Waals surface area (Å²) in [5, 5.41) is 0. The van der Waals surface area contributed by atoms with E-state index in [1.165, 1.54) is 6.07 Å². The minimum Gasteiger partial charge on any atom is -0.475 e. The first-order valence-corrected chi connectivity index (χ1v) is 10.7. The van der Waals surface area contributed by atoms with E-state index in [0.717, 1.165) is 22.8 Å². The van der Waals surface area contributed by atoms with Crippen LogP contribution in [0, 0.1) is 5.82 Å². The molecule has 2 aliphatic heterocycles. The Morgan fingerprint density at radius 1 is 1.18 bits per heavy atom. The number of benzene rings is 2. The molecule has 0 bridgehead atoms. The minimum atomic E-state index is -0.688. The zero-order valence-electron chi connectivity index (χ0n) is 17.8. The average Bonchev–Trinajstić information content (AvgIpc) is 2.82. The first kappa shape index (κ1) is 21.3. The summed E-state index contributed by atoms with van der Waals surface area (Å²) in [6, 6.07) is 11.4. The lowest BCUT2D eigenvalue weighted by atomic mass is 9.92. The van der Waals surface area contributed by atoms with E-state index in [1.807, 2.05) is 18.2 Å². The van der Waals surface area contributed by atoms with Crippen molar-refractivity contribution in [1.29, 1.82) is 0 Å². The molecule has 0 spiro atoms. The SMILES string of the molecule is NC(=O)c1cc(F)cc(-c2ccc3c(c2)CCn2c-3cc(OCC3COCCO3)nc2=O)c1. The van der Waals surface area contributed by atoms with Crippen LogP contribution in [-0.2, 0) is 22.4 Å². The summed E-state index contributed by atoms with van der Waals surface area (Å²) in [6.45, 7) is 2.22. The molecule has 2 aliphatic rings. The van der Waals surface area contributed by atoms with Gasteiger partial charge in [-0.2, -0.15) is 4.98 Å². The number of ether oxygens (including phenoxy) is 3. The molecule has 0 aliphatic carbocycles. The van der Waals surface area contributed by atoms with E-state index in [1.54, 1.807) is 16.7 Å². The Hall–Kier alpha value is -3.56. The number of hydrogen-bond acceptors (Lipinski definition) is 6. The molecule has 5 rings (SSSR count). The summed E-state index contributed by atoms with van der Waals surface area (Å²) in [4.78, 5) is 28.2. The van der Waals surface area contributed by atoms with E-state index >= 15 is 0 Å². The van der Waals surface area contributed by atoms with Gasteiger partial charge in [0.2, 0.25) is 11.8 Å². The van der Waals surface area contributed by atoms with Crippen LogP contribution in [0.4, 0.5) is 4.39 Å². The highest BCUT2D eigenvalue weighted by atomic mass is 19.1. The minimum absolute atomic E-state index is 0.111. The number of hydrogen-bond donors (Lipinski definition) is 1. The molecular formula is C24H22FN3O5. The summed E-state index contributed by atoms with van der Waals surface area (Å²) in [5.41, 5.74) is 8.94. The molecule has 9 heteroatoms. The predicted octanol–water partition coefficient (Wildman–Crippen LogP) is 2.17. The number of aryl methyl sites for hydroxylation is 1. The van der Waals surface area contributed by atoms with Crippen molar-refractivity contribution in [2.45, 2.75) is 19.1 Å². The molecule has 1 unspecified atom stereocenters. The van der Waals surface area contributed by atoms with E-state index in [2.05, 4.69) is 4.98 Å². The van der Waals surface area contributed by atoms with Crippen LogP contribution < -0.4 is 16.2 Å². The van der Waals surface area contributed by atoms with Gasteiger partial charge < -0.3 is 19.9 Å². The van der Waals surface area contributed by atoms with Crippen molar-refractivity contribution in [3.63, 3.8) is 0 Å². The second-order valence-electron chi connectivity index (χ2n) is 8.01. The van der Waals surface area contributed by atoms with Crippen LogP contribution in [0.1, 0.15) is 15.9 Å².